The van der Waals surface area contributed by atoms with E-state index in [0.717, 1.165) is 0 Å². The fourth-order valence-electron chi connectivity index (χ4n) is 1.80. The highest BCUT2D eigenvalue weighted by molar-refractivity contribution is 6.35. The Hall–Kier alpha value is -1.91. The smallest absolute Gasteiger partial charge is 0.265 e. The van der Waals surface area contributed by atoms with Crippen molar-refractivity contribution in [2.75, 3.05) is 12.4 Å². The number of anilines is 1. The van der Waals surface area contributed by atoms with E-state index >= 15 is 0 Å². The fourth-order valence-corrected chi connectivity index (χ4v) is 2.33. The molecule has 0 saturated carbocycles. The molecule has 22 heavy (non-hydrogen) atoms. The average Bonchev–Trinajstić information content (AvgIpc) is 2.46. The molecule has 2 aromatic carbocycles. The van der Waals surface area contributed by atoms with Gasteiger partial charge in [-0.2, -0.15) is 0 Å². The maximum Gasteiger partial charge on any atom is 0.265 e. The lowest BCUT2D eigenvalue weighted by Gasteiger charge is -2.15. The molecular weight excluding hydrogens is 325 g/mol. The molecule has 0 aromatic heterocycles. The van der Waals surface area contributed by atoms with Gasteiger partial charge in [0.15, 0.2) is 6.10 Å². The number of carbonyl (C=O) groups excluding carboxylic acids is 1. The molecule has 0 saturated heterocycles. The molecule has 4 nitrogen and oxygen atoms in total. The zero-order valence-electron chi connectivity index (χ0n) is 12.1. The van der Waals surface area contributed by atoms with Gasteiger partial charge in [0.1, 0.15) is 11.5 Å². The number of nitrogens with one attached hydrogen (secondary N) is 1. The minimum atomic E-state index is -0.690. The van der Waals surface area contributed by atoms with E-state index in [4.69, 9.17) is 32.7 Å². The third-order valence-electron chi connectivity index (χ3n) is 2.85. The second kappa shape index (κ2) is 7.38. The molecule has 0 spiro atoms. The van der Waals surface area contributed by atoms with Gasteiger partial charge in [-0.05, 0) is 37.3 Å². The number of halogens is 2. The summed E-state index contributed by atoms with van der Waals surface area (Å²) in [6.07, 6.45) is -0.690. The maximum absolute atomic E-state index is 12.1. The summed E-state index contributed by atoms with van der Waals surface area (Å²) in [4.78, 5) is 12.1. The Morgan fingerprint density at radius 2 is 1.73 bits per heavy atom. The molecule has 0 aliphatic rings. The largest absolute Gasteiger partial charge is 0.497 e. The number of hydrogen-bond donors (Lipinski definition) is 1. The highest BCUT2D eigenvalue weighted by Crippen LogP contribution is 2.23. The van der Waals surface area contributed by atoms with Crippen LogP contribution in [0.25, 0.3) is 0 Å². The minimum Gasteiger partial charge on any atom is -0.497 e. The van der Waals surface area contributed by atoms with Gasteiger partial charge < -0.3 is 14.8 Å². The standard InChI is InChI=1S/C16H15Cl2NO3/c1-10(22-15-5-3-4-14(9-15)21-2)16(20)19-13-7-11(17)6-12(18)8-13/h3-10H,1-2H3,(H,19,20). The topological polar surface area (TPSA) is 47.6 Å². The second-order valence-electron chi connectivity index (χ2n) is 4.59. The Kier molecular flexibility index (Phi) is 5.52. The minimum absolute atomic E-state index is 0.304. The van der Waals surface area contributed by atoms with Crippen molar-refractivity contribution >= 4 is 34.8 Å². The summed E-state index contributed by atoms with van der Waals surface area (Å²) in [5.41, 5.74) is 0.517. The quantitative estimate of drug-likeness (QED) is 0.877. The highest BCUT2D eigenvalue weighted by atomic mass is 35.5. The molecule has 0 radical (unpaired) electrons. The van der Waals surface area contributed by atoms with Crippen LogP contribution in [-0.2, 0) is 4.79 Å². The van der Waals surface area contributed by atoms with Crippen LogP contribution in [0.3, 0.4) is 0 Å². The van der Waals surface area contributed by atoms with Gasteiger partial charge in [0.2, 0.25) is 0 Å². The summed E-state index contributed by atoms with van der Waals surface area (Å²) in [5.74, 6) is 0.902. The highest BCUT2D eigenvalue weighted by Gasteiger charge is 2.15. The van der Waals surface area contributed by atoms with Crippen LogP contribution in [0.15, 0.2) is 42.5 Å². The summed E-state index contributed by atoms with van der Waals surface area (Å²) in [6, 6.07) is 11.9. The summed E-state index contributed by atoms with van der Waals surface area (Å²) in [6.45, 7) is 1.65. The van der Waals surface area contributed by atoms with Crippen molar-refractivity contribution in [3.8, 4) is 11.5 Å². The lowest BCUT2D eigenvalue weighted by Crippen LogP contribution is -2.30. The van der Waals surface area contributed by atoms with Gasteiger partial charge in [-0.1, -0.05) is 29.3 Å². The van der Waals surface area contributed by atoms with Gasteiger partial charge >= 0.3 is 0 Å². The Labute approximate surface area is 138 Å². The molecule has 1 unspecified atom stereocenters. The molecule has 0 aliphatic carbocycles. The summed E-state index contributed by atoms with van der Waals surface area (Å²) < 4.78 is 10.7. The predicted molar refractivity (Wildman–Crippen MR) is 88.2 cm³/mol. The number of carbonyl (C=O) groups is 1. The summed E-state index contributed by atoms with van der Waals surface area (Å²) >= 11 is 11.8. The van der Waals surface area contributed by atoms with Crippen molar-refractivity contribution < 1.29 is 14.3 Å². The zero-order valence-corrected chi connectivity index (χ0v) is 13.6. The van der Waals surface area contributed by atoms with Gasteiger partial charge in [0, 0.05) is 21.8 Å². The maximum atomic E-state index is 12.1. The monoisotopic (exact) mass is 339 g/mol. The van der Waals surface area contributed by atoms with Crippen LogP contribution in [0.2, 0.25) is 10.0 Å². The molecule has 0 heterocycles. The van der Waals surface area contributed by atoms with Gasteiger partial charge in [0.25, 0.3) is 5.91 Å². The lowest BCUT2D eigenvalue weighted by molar-refractivity contribution is -0.122. The van der Waals surface area contributed by atoms with E-state index in [0.29, 0.717) is 27.2 Å². The molecule has 6 heteroatoms. The number of amides is 1. The lowest BCUT2D eigenvalue weighted by atomic mass is 10.3. The zero-order chi connectivity index (χ0) is 16.1. The first-order chi connectivity index (χ1) is 10.5. The summed E-state index contributed by atoms with van der Waals surface area (Å²) in [5, 5.41) is 3.60. The van der Waals surface area contributed by atoms with Crippen LogP contribution >= 0.6 is 23.2 Å². The predicted octanol–water partition coefficient (Wildman–Crippen LogP) is 4.41. The van der Waals surface area contributed by atoms with E-state index in [1.165, 1.54) is 0 Å². The number of benzene rings is 2. The van der Waals surface area contributed by atoms with Crippen molar-refractivity contribution in [3.05, 3.63) is 52.5 Å². The SMILES string of the molecule is COc1cccc(OC(C)C(=O)Nc2cc(Cl)cc(Cl)c2)c1. The number of methoxy groups -OCH3 is 1. The van der Waals surface area contributed by atoms with Crippen molar-refractivity contribution in [3.63, 3.8) is 0 Å². The van der Waals surface area contributed by atoms with Gasteiger partial charge in [-0.15, -0.1) is 0 Å². The number of hydrogen-bond acceptors (Lipinski definition) is 3. The molecule has 1 atom stereocenters. The van der Waals surface area contributed by atoms with Crippen molar-refractivity contribution in [2.24, 2.45) is 0 Å². The van der Waals surface area contributed by atoms with E-state index in [-0.39, 0.29) is 5.91 Å². The molecule has 1 amide bonds. The van der Waals surface area contributed by atoms with E-state index in [1.54, 1.807) is 56.5 Å². The van der Waals surface area contributed by atoms with Crippen LogP contribution in [0.1, 0.15) is 6.92 Å². The van der Waals surface area contributed by atoms with Gasteiger partial charge in [-0.3, -0.25) is 4.79 Å². The van der Waals surface area contributed by atoms with Gasteiger partial charge in [-0.25, -0.2) is 0 Å². The molecule has 0 aliphatic heterocycles. The van der Waals surface area contributed by atoms with E-state index < -0.39 is 6.10 Å². The van der Waals surface area contributed by atoms with Crippen molar-refractivity contribution in [2.45, 2.75) is 13.0 Å². The Morgan fingerprint density at radius 3 is 2.36 bits per heavy atom. The first kappa shape index (κ1) is 16.5. The Morgan fingerprint density at radius 1 is 1.09 bits per heavy atom. The third-order valence-corrected chi connectivity index (χ3v) is 3.29. The normalized spacial score (nSPS) is 11.6. The summed E-state index contributed by atoms with van der Waals surface area (Å²) in [7, 11) is 1.57. The van der Waals surface area contributed by atoms with Crippen LogP contribution in [-0.4, -0.2) is 19.1 Å². The van der Waals surface area contributed by atoms with E-state index in [2.05, 4.69) is 5.32 Å². The Bertz CT molecular complexity index is 656. The number of ether oxygens (including phenoxy) is 2. The third kappa shape index (κ3) is 4.55. The molecule has 2 rings (SSSR count). The molecule has 116 valence electrons. The van der Waals surface area contributed by atoms with Gasteiger partial charge in [0.05, 0.1) is 7.11 Å². The van der Waals surface area contributed by atoms with Crippen LogP contribution < -0.4 is 14.8 Å². The van der Waals surface area contributed by atoms with Crippen LogP contribution in [0.5, 0.6) is 11.5 Å². The molecule has 0 bridgehead atoms. The molecule has 1 N–H and O–H groups in total. The molecule has 0 fully saturated rings. The second-order valence-corrected chi connectivity index (χ2v) is 5.46. The van der Waals surface area contributed by atoms with E-state index in [9.17, 15) is 4.79 Å². The number of rotatable bonds is 5. The van der Waals surface area contributed by atoms with E-state index in [1.807, 2.05) is 0 Å². The first-order valence-corrected chi connectivity index (χ1v) is 7.31. The van der Waals surface area contributed by atoms with Crippen LogP contribution in [0, 0.1) is 0 Å². The van der Waals surface area contributed by atoms with Crippen molar-refractivity contribution in [1.82, 2.24) is 0 Å². The first-order valence-electron chi connectivity index (χ1n) is 6.55. The molecular formula is C16H15Cl2NO3. The fraction of sp³-hybridized carbons (Fsp3) is 0.188. The van der Waals surface area contributed by atoms with Crippen LogP contribution in [0.4, 0.5) is 5.69 Å². The Balaban J connectivity index is 2.02. The molecule has 2 aromatic rings. The van der Waals surface area contributed by atoms with Crippen molar-refractivity contribution in [1.29, 1.82) is 0 Å². The average molecular weight is 340 g/mol.